The van der Waals surface area contributed by atoms with Gasteiger partial charge in [-0.2, -0.15) is 0 Å². The van der Waals surface area contributed by atoms with Crippen LogP contribution in [-0.4, -0.2) is 15.5 Å². The van der Waals surface area contributed by atoms with E-state index >= 15 is 0 Å². The summed E-state index contributed by atoms with van der Waals surface area (Å²) in [7, 11) is -1.99. The van der Waals surface area contributed by atoms with Crippen molar-refractivity contribution >= 4 is 9.17 Å². The molecule has 1 aliphatic rings. The van der Waals surface area contributed by atoms with E-state index in [-0.39, 0.29) is 6.29 Å². The first kappa shape index (κ1) is 3.79. The minimum atomic E-state index is -1.99. The Labute approximate surface area is 36.8 Å². The van der Waals surface area contributed by atoms with Crippen molar-refractivity contribution in [3.8, 4) is 0 Å². The second-order valence-electron chi connectivity index (χ2n) is 1.05. The summed E-state index contributed by atoms with van der Waals surface area (Å²) in [6.45, 7) is 1.70. The second kappa shape index (κ2) is 1.04. The maximum Gasteiger partial charge on any atom is 0.772 e. The molecule has 4 heteroatoms. The first-order valence-corrected chi connectivity index (χ1v) is 2.89. The fourth-order valence-corrected chi connectivity index (χ4v) is 0.840. The maximum absolute atomic E-state index is 9.85. The second-order valence-corrected chi connectivity index (χ2v) is 2.02. The fourth-order valence-electron chi connectivity index (χ4n) is 0.280. The van der Waals surface area contributed by atoms with Crippen molar-refractivity contribution in [1.82, 2.24) is 0 Å². The molecule has 0 saturated carbocycles. The summed E-state index contributed by atoms with van der Waals surface area (Å²) in [4.78, 5) is 0. The molecule has 0 aromatic carbocycles. The molecule has 0 aromatic rings. The van der Waals surface area contributed by atoms with Crippen LogP contribution in [0.25, 0.3) is 0 Å². The van der Waals surface area contributed by atoms with Crippen molar-refractivity contribution < 1.29 is 13.3 Å². The van der Waals surface area contributed by atoms with Gasteiger partial charge >= 0.3 is 9.17 Å². The molecule has 0 radical (unpaired) electrons. The molecular formula is C2H4O3Si. The number of rotatable bonds is 0. The van der Waals surface area contributed by atoms with Crippen molar-refractivity contribution in [3.63, 3.8) is 0 Å². The summed E-state index contributed by atoms with van der Waals surface area (Å²) in [5, 5.41) is 0. The highest BCUT2D eigenvalue weighted by molar-refractivity contribution is 6.28. The van der Waals surface area contributed by atoms with E-state index in [0.29, 0.717) is 0 Å². The maximum atomic E-state index is 9.85. The summed E-state index contributed by atoms with van der Waals surface area (Å²) in [6.07, 6.45) is -0.226. The van der Waals surface area contributed by atoms with E-state index in [2.05, 4.69) is 8.85 Å². The van der Waals surface area contributed by atoms with E-state index in [1.807, 2.05) is 0 Å². The molecule has 0 atom stereocenters. The van der Waals surface area contributed by atoms with Crippen molar-refractivity contribution in [2.45, 2.75) is 13.2 Å². The van der Waals surface area contributed by atoms with Gasteiger partial charge in [-0.05, 0) is 0 Å². The Kier molecular flexibility index (Phi) is 0.658. The van der Waals surface area contributed by atoms with E-state index in [1.54, 1.807) is 6.92 Å². The average Bonchev–Trinajstić information content (AvgIpc) is 1.33. The lowest BCUT2D eigenvalue weighted by Crippen LogP contribution is -2.35. The van der Waals surface area contributed by atoms with Crippen LogP contribution in [0.2, 0.25) is 0 Å². The SMILES string of the molecule is CC1O[Si](=O)O1. The first-order chi connectivity index (χ1) is 2.79. The zero-order chi connectivity index (χ0) is 4.57. The molecule has 1 fully saturated rings. The zero-order valence-corrected chi connectivity index (χ0v) is 4.30. The van der Waals surface area contributed by atoms with Crippen molar-refractivity contribution in [3.05, 3.63) is 0 Å². The fraction of sp³-hybridized carbons (Fsp3) is 1.00. The zero-order valence-electron chi connectivity index (χ0n) is 3.30. The van der Waals surface area contributed by atoms with Gasteiger partial charge in [-0.1, -0.05) is 0 Å². The highest BCUT2D eigenvalue weighted by Crippen LogP contribution is 2.03. The molecule has 0 N–H and O–H groups in total. The third-order valence-electron chi connectivity index (χ3n) is 0.524. The molecule has 1 rings (SSSR count). The largest absolute Gasteiger partial charge is 0.772 e. The molecule has 1 heterocycles. The molecule has 0 aromatic heterocycles. The van der Waals surface area contributed by atoms with Crippen LogP contribution in [0.5, 0.6) is 0 Å². The van der Waals surface area contributed by atoms with Crippen LogP contribution in [-0.2, 0) is 13.3 Å². The van der Waals surface area contributed by atoms with Gasteiger partial charge < -0.3 is 8.85 Å². The summed E-state index contributed by atoms with van der Waals surface area (Å²) in [5.74, 6) is 0. The molecule has 1 aliphatic heterocycles. The molecule has 0 spiro atoms. The van der Waals surface area contributed by atoms with Crippen LogP contribution >= 0.6 is 0 Å². The van der Waals surface area contributed by atoms with E-state index in [9.17, 15) is 4.46 Å². The Morgan fingerprint density at radius 2 is 2.17 bits per heavy atom. The molecule has 0 amide bonds. The highest BCUT2D eigenvalue weighted by Gasteiger charge is 2.29. The lowest BCUT2D eigenvalue weighted by molar-refractivity contribution is -0.109. The summed E-state index contributed by atoms with van der Waals surface area (Å²) >= 11 is 0. The van der Waals surface area contributed by atoms with Gasteiger partial charge in [0.2, 0.25) is 6.29 Å². The first-order valence-electron chi connectivity index (χ1n) is 1.66. The molecule has 0 unspecified atom stereocenters. The molecule has 0 aliphatic carbocycles. The van der Waals surface area contributed by atoms with Crippen LogP contribution in [0, 0.1) is 0 Å². The van der Waals surface area contributed by atoms with Crippen LogP contribution in [0.3, 0.4) is 0 Å². The Hall–Kier alpha value is -0.383. The molecule has 6 heavy (non-hydrogen) atoms. The Balaban J connectivity index is 2.28. The van der Waals surface area contributed by atoms with Crippen LogP contribution in [0.15, 0.2) is 0 Å². The standard InChI is InChI=1S/C2H4O3Si/c1-2-4-6(3)5-2/h2H,1H3. The predicted molar refractivity (Wildman–Crippen MR) is 18.1 cm³/mol. The third-order valence-corrected chi connectivity index (χ3v) is 1.57. The van der Waals surface area contributed by atoms with E-state index < -0.39 is 9.17 Å². The van der Waals surface area contributed by atoms with Crippen molar-refractivity contribution in [2.75, 3.05) is 0 Å². The van der Waals surface area contributed by atoms with Crippen LogP contribution in [0.1, 0.15) is 6.92 Å². The molecule has 34 valence electrons. The average molecular weight is 104 g/mol. The van der Waals surface area contributed by atoms with Gasteiger partial charge in [0.05, 0.1) is 0 Å². The van der Waals surface area contributed by atoms with Crippen LogP contribution < -0.4 is 0 Å². The lowest BCUT2D eigenvalue weighted by atomic mass is 10.8. The van der Waals surface area contributed by atoms with Gasteiger partial charge in [0.1, 0.15) is 0 Å². The minimum Gasteiger partial charge on any atom is -0.461 e. The van der Waals surface area contributed by atoms with E-state index in [4.69, 9.17) is 0 Å². The van der Waals surface area contributed by atoms with Gasteiger partial charge in [0, 0.05) is 6.92 Å². The van der Waals surface area contributed by atoms with Crippen molar-refractivity contribution in [1.29, 1.82) is 0 Å². The van der Waals surface area contributed by atoms with Gasteiger partial charge in [-0.3, -0.25) is 4.46 Å². The highest BCUT2D eigenvalue weighted by atomic mass is 28.3. The third kappa shape index (κ3) is 0.427. The topological polar surface area (TPSA) is 35.5 Å². The van der Waals surface area contributed by atoms with Crippen molar-refractivity contribution in [2.24, 2.45) is 0 Å². The normalized spacial score (nSPS) is 21.2. The van der Waals surface area contributed by atoms with Gasteiger partial charge in [-0.15, -0.1) is 0 Å². The van der Waals surface area contributed by atoms with E-state index in [0.717, 1.165) is 0 Å². The molecule has 1 saturated heterocycles. The summed E-state index contributed by atoms with van der Waals surface area (Å²) in [5.41, 5.74) is 0. The molecular weight excluding hydrogens is 100 g/mol. The van der Waals surface area contributed by atoms with Gasteiger partial charge in [0.25, 0.3) is 0 Å². The number of hydrogen-bond donors (Lipinski definition) is 0. The summed E-state index contributed by atoms with van der Waals surface area (Å²) < 4.78 is 18.8. The minimum absolute atomic E-state index is 0.226. The number of hydrogen-bond acceptors (Lipinski definition) is 3. The van der Waals surface area contributed by atoms with Gasteiger partial charge in [0.15, 0.2) is 0 Å². The monoisotopic (exact) mass is 104 g/mol. The quantitative estimate of drug-likeness (QED) is 0.399. The Morgan fingerprint density at radius 1 is 1.67 bits per heavy atom. The van der Waals surface area contributed by atoms with Gasteiger partial charge in [-0.25, -0.2) is 0 Å². The smallest absolute Gasteiger partial charge is 0.461 e. The predicted octanol–water partition coefficient (Wildman–Crippen LogP) is -0.205. The van der Waals surface area contributed by atoms with Crippen LogP contribution in [0.4, 0.5) is 0 Å². The Morgan fingerprint density at radius 3 is 2.17 bits per heavy atom. The summed E-state index contributed by atoms with van der Waals surface area (Å²) in [6, 6.07) is 0. The molecule has 0 bridgehead atoms. The van der Waals surface area contributed by atoms with E-state index in [1.165, 1.54) is 0 Å². The lowest BCUT2D eigenvalue weighted by Gasteiger charge is -2.21. The molecule has 3 nitrogen and oxygen atoms in total. The Bertz CT molecular complexity index is 72.9.